The van der Waals surface area contributed by atoms with Crippen LogP contribution in [0.2, 0.25) is 0 Å². The summed E-state index contributed by atoms with van der Waals surface area (Å²) >= 11 is 0. The van der Waals surface area contributed by atoms with E-state index in [0.717, 1.165) is 36.8 Å². The third-order valence-electron chi connectivity index (χ3n) is 3.95. The van der Waals surface area contributed by atoms with E-state index in [1.54, 1.807) is 16.7 Å². The second-order valence-electron chi connectivity index (χ2n) is 5.20. The van der Waals surface area contributed by atoms with Crippen molar-refractivity contribution in [3.8, 4) is 0 Å². The van der Waals surface area contributed by atoms with Crippen LogP contribution in [0, 0.1) is 6.92 Å². The number of aliphatic hydroxyl groups is 1. The van der Waals surface area contributed by atoms with Crippen LogP contribution in [0.3, 0.4) is 0 Å². The van der Waals surface area contributed by atoms with Crippen LogP contribution in [0.1, 0.15) is 37.4 Å². The minimum atomic E-state index is -0.224. The molecule has 1 fully saturated rings. The highest BCUT2D eigenvalue weighted by Gasteiger charge is 2.23. The van der Waals surface area contributed by atoms with Crippen molar-refractivity contribution >= 4 is 11.0 Å². The highest BCUT2D eigenvalue weighted by atomic mass is 16.3. The normalized spacial score (nSPS) is 23.7. The minimum Gasteiger partial charge on any atom is -0.393 e. The maximum absolute atomic E-state index is 12.2. The van der Waals surface area contributed by atoms with E-state index in [1.165, 1.54) is 6.33 Å². The summed E-state index contributed by atoms with van der Waals surface area (Å²) in [6.07, 6.45) is 4.42. The van der Waals surface area contributed by atoms with Crippen LogP contribution < -0.4 is 5.56 Å². The Balaban J connectivity index is 2.14. The van der Waals surface area contributed by atoms with Crippen LogP contribution >= 0.6 is 0 Å². The van der Waals surface area contributed by atoms with E-state index in [0.29, 0.717) is 5.65 Å². The van der Waals surface area contributed by atoms with Crippen LogP contribution in [0.25, 0.3) is 11.0 Å². The zero-order chi connectivity index (χ0) is 13.4. The van der Waals surface area contributed by atoms with Gasteiger partial charge in [0.25, 0.3) is 5.56 Å². The predicted octanol–water partition coefficient (Wildman–Crippen LogP) is 1.58. The fourth-order valence-corrected chi connectivity index (χ4v) is 2.87. The highest BCUT2D eigenvalue weighted by Crippen LogP contribution is 2.29. The summed E-state index contributed by atoms with van der Waals surface area (Å²) in [5.74, 6) is 0. The first-order chi connectivity index (χ1) is 9.16. The molecule has 0 spiro atoms. The van der Waals surface area contributed by atoms with Gasteiger partial charge in [0.05, 0.1) is 11.8 Å². The number of hydrogen-bond donors (Lipinski definition) is 1. The van der Waals surface area contributed by atoms with Crippen molar-refractivity contribution in [2.45, 2.75) is 44.8 Å². The van der Waals surface area contributed by atoms with Crippen molar-refractivity contribution in [1.82, 2.24) is 14.5 Å². The Kier molecular flexibility index (Phi) is 3.06. The third kappa shape index (κ3) is 2.14. The van der Waals surface area contributed by atoms with E-state index in [4.69, 9.17) is 0 Å². The number of nitrogens with zero attached hydrogens (tertiary/aromatic N) is 3. The average molecular weight is 259 g/mol. The van der Waals surface area contributed by atoms with E-state index >= 15 is 0 Å². The number of fused-ring (bicyclic) bond motifs is 1. The molecule has 0 radical (unpaired) electrons. The number of rotatable bonds is 1. The third-order valence-corrected chi connectivity index (χ3v) is 3.95. The summed E-state index contributed by atoms with van der Waals surface area (Å²) < 4.78 is 1.77. The van der Waals surface area contributed by atoms with E-state index < -0.39 is 0 Å². The quantitative estimate of drug-likeness (QED) is 0.844. The second-order valence-corrected chi connectivity index (χ2v) is 5.20. The summed E-state index contributed by atoms with van der Waals surface area (Å²) in [7, 11) is 0. The Bertz CT molecular complexity index is 657. The van der Waals surface area contributed by atoms with Gasteiger partial charge in [-0.1, -0.05) is 0 Å². The van der Waals surface area contributed by atoms with Crippen molar-refractivity contribution in [2.75, 3.05) is 0 Å². The van der Waals surface area contributed by atoms with Crippen molar-refractivity contribution in [3.05, 3.63) is 34.5 Å². The fraction of sp³-hybridized carbons (Fsp3) is 0.500. The molecule has 2 aromatic rings. The lowest BCUT2D eigenvalue weighted by molar-refractivity contribution is 0.111. The first-order valence-corrected chi connectivity index (χ1v) is 6.68. The number of hydrogen-bond acceptors (Lipinski definition) is 4. The molecule has 0 saturated heterocycles. The van der Waals surface area contributed by atoms with Gasteiger partial charge >= 0.3 is 0 Å². The van der Waals surface area contributed by atoms with E-state index in [-0.39, 0.29) is 17.7 Å². The van der Waals surface area contributed by atoms with Crippen LogP contribution in [-0.4, -0.2) is 25.7 Å². The molecule has 0 unspecified atom stereocenters. The van der Waals surface area contributed by atoms with E-state index in [9.17, 15) is 9.90 Å². The van der Waals surface area contributed by atoms with Crippen LogP contribution in [0.15, 0.2) is 23.3 Å². The molecule has 1 aliphatic carbocycles. The largest absolute Gasteiger partial charge is 0.393 e. The molecule has 2 heterocycles. The lowest BCUT2D eigenvalue weighted by Gasteiger charge is -2.27. The minimum absolute atomic E-state index is 0.0213. The van der Waals surface area contributed by atoms with Crippen LogP contribution in [-0.2, 0) is 0 Å². The number of aliphatic hydroxyl groups excluding tert-OH is 1. The van der Waals surface area contributed by atoms with Gasteiger partial charge in [-0.25, -0.2) is 9.97 Å². The Morgan fingerprint density at radius 2 is 1.95 bits per heavy atom. The first kappa shape index (κ1) is 12.3. The SMILES string of the molecule is Cc1ncnc2c1ccc(=O)n2C1CCC(O)CC1. The molecule has 3 rings (SSSR count). The molecule has 0 atom stereocenters. The highest BCUT2D eigenvalue weighted by molar-refractivity contribution is 5.77. The van der Waals surface area contributed by atoms with Gasteiger partial charge in [0.1, 0.15) is 12.0 Å². The first-order valence-electron chi connectivity index (χ1n) is 6.68. The number of pyridine rings is 1. The zero-order valence-corrected chi connectivity index (χ0v) is 10.9. The average Bonchev–Trinajstić information content (AvgIpc) is 2.40. The molecule has 1 N–H and O–H groups in total. The zero-order valence-electron chi connectivity index (χ0n) is 10.9. The van der Waals surface area contributed by atoms with Gasteiger partial charge in [0.15, 0.2) is 0 Å². The van der Waals surface area contributed by atoms with Crippen molar-refractivity contribution in [3.63, 3.8) is 0 Å². The molecule has 0 aliphatic heterocycles. The predicted molar refractivity (Wildman–Crippen MR) is 72.0 cm³/mol. The van der Waals surface area contributed by atoms with Gasteiger partial charge in [-0.3, -0.25) is 9.36 Å². The molecule has 2 aromatic heterocycles. The number of aromatic nitrogens is 3. The Morgan fingerprint density at radius 1 is 1.21 bits per heavy atom. The fourth-order valence-electron chi connectivity index (χ4n) is 2.87. The second kappa shape index (κ2) is 4.74. The number of aryl methyl sites for hydroxylation is 1. The topological polar surface area (TPSA) is 68.0 Å². The lowest BCUT2D eigenvalue weighted by Crippen LogP contribution is -2.29. The van der Waals surface area contributed by atoms with E-state index in [2.05, 4.69) is 9.97 Å². The van der Waals surface area contributed by atoms with Crippen molar-refractivity contribution in [2.24, 2.45) is 0 Å². The summed E-state index contributed by atoms with van der Waals surface area (Å²) in [4.78, 5) is 20.6. The Hall–Kier alpha value is -1.75. The molecule has 100 valence electrons. The molecule has 5 nitrogen and oxygen atoms in total. The standard InChI is InChI=1S/C14H17N3O2/c1-9-12-6-7-13(19)17(14(12)16-8-15-9)10-2-4-11(18)5-3-10/h6-8,10-11,18H,2-5H2,1H3. The van der Waals surface area contributed by atoms with E-state index in [1.807, 2.05) is 6.92 Å². The summed E-state index contributed by atoms with van der Waals surface area (Å²) in [6.45, 7) is 1.92. The smallest absolute Gasteiger partial charge is 0.252 e. The van der Waals surface area contributed by atoms with Gasteiger partial charge in [-0.15, -0.1) is 0 Å². The molecule has 5 heteroatoms. The van der Waals surface area contributed by atoms with Gasteiger partial charge in [0, 0.05) is 17.5 Å². The Morgan fingerprint density at radius 3 is 2.68 bits per heavy atom. The Labute approximate surface area is 110 Å². The van der Waals surface area contributed by atoms with Gasteiger partial charge in [-0.05, 0) is 38.7 Å². The molecule has 19 heavy (non-hydrogen) atoms. The summed E-state index contributed by atoms with van der Waals surface area (Å²) in [5, 5.41) is 10.5. The lowest BCUT2D eigenvalue weighted by atomic mass is 9.92. The van der Waals surface area contributed by atoms with Crippen LogP contribution in [0.4, 0.5) is 0 Å². The van der Waals surface area contributed by atoms with Gasteiger partial charge in [0.2, 0.25) is 0 Å². The maximum atomic E-state index is 12.2. The van der Waals surface area contributed by atoms with Crippen molar-refractivity contribution < 1.29 is 5.11 Å². The van der Waals surface area contributed by atoms with Crippen molar-refractivity contribution in [1.29, 1.82) is 0 Å². The van der Waals surface area contributed by atoms with Gasteiger partial charge in [-0.2, -0.15) is 0 Å². The summed E-state index contributed by atoms with van der Waals surface area (Å²) in [6, 6.07) is 3.51. The molecule has 1 saturated carbocycles. The molecule has 0 amide bonds. The molecular formula is C14H17N3O2. The van der Waals surface area contributed by atoms with Crippen LogP contribution in [0.5, 0.6) is 0 Å². The molecule has 0 bridgehead atoms. The molecule has 0 aromatic carbocycles. The molecule has 1 aliphatic rings. The monoisotopic (exact) mass is 259 g/mol. The molecular weight excluding hydrogens is 242 g/mol. The van der Waals surface area contributed by atoms with Gasteiger partial charge < -0.3 is 5.11 Å². The maximum Gasteiger partial charge on any atom is 0.252 e. The summed E-state index contributed by atoms with van der Waals surface area (Å²) in [5.41, 5.74) is 1.57.